The second-order valence-corrected chi connectivity index (χ2v) is 5.13. The van der Waals surface area contributed by atoms with E-state index in [0.29, 0.717) is 17.2 Å². The fraction of sp³-hybridized carbons (Fsp3) is 0.357. The largest absolute Gasteiger partial charge is 0.416 e. The summed E-state index contributed by atoms with van der Waals surface area (Å²) in [6, 6.07) is 4.78. The van der Waals surface area contributed by atoms with Gasteiger partial charge in [0.2, 0.25) is 0 Å². The molecular formula is C14H17F3N4. The summed E-state index contributed by atoms with van der Waals surface area (Å²) in [6.45, 7) is 3.95. The summed E-state index contributed by atoms with van der Waals surface area (Å²) >= 11 is 0. The van der Waals surface area contributed by atoms with E-state index in [2.05, 4.69) is 10.4 Å². The second kappa shape index (κ2) is 5.31. The van der Waals surface area contributed by atoms with Crippen LogP contribution in [0.4, 0.5) is 30.4 Å². The first kappa shape index (κ1) is 15.2. The SMILES string of the molecule is CC(C)c1nn(C)c(Nc2ccc(C(F)(F)F)cc2)c1N. The lowest BCUT2D eigenvalue weighted by atomic mass is 10.1. The van der Waals surface area contributed by atoms with Gasteiger partial charge in [0.25, 0.3) is 0 Å². The number of nitrogen functional groups attached to an aromatic ring is 1. The van der Waals surface area contributed by atoms with Crippen molar-refractivity contribution in [3.8, 4) is 0 Å². The van der Waals surface area contributed by atoms with Gasteiger partial charge in [-0.25, -0.2) is 0 Å². The van der Waals surface area contributed by atoms with Crippen LogP contribution >= 0.6 is 0 Å². The smallest absolute Gasteiger partial charge is 0.394 e. The molecule has 0 aliphatic heterocycles. The first-order chi connectivity index (χ1) is 9.70. The van der Waals surface area contributed by atoms with Gasteiger partial charge in [0.1, 0.15) is 0 Å². The zero-order valence-electron chi connectivity index (χ0n) is 12.0. The van der Waals surface area contributed by atoms with Crippen LogP contribution in [0.5, 0.6) is 0 Å². The minimum atomic E-state index is -4.34. The van der Waals surface area contributed by atoms with E-state index in [-0.39, 0.29) is 5.92 Å². The summed E-state index contributed by atoms with van der Waals surface area (Å²) in [5.74, 6) is 0.734. The number of hydrogen-bond donors (Lipinski definition) is 2. The lowest BCUT2D eigenvalue weighted by Gasteiger charge is -2.10. The third-order valence-electron chi connectivity index (χ3n) is 3.13. The molecule has 0 fully saturated rings. The summed E-state index contributed by atoms with van der Waals surface area (Å²) in [4.78, 5) is 0. The van der Waals surface area contributed by atoms with Gasteiger partial charge in [0.15, 0.2) is 5.82 Å². The molecule has 0 spiro atoms. The molecule has 0 saturated heterocycles. The van der Waals surface area contributed by atoms with Crippen molar-refractivity contribution in [2.24, 2.45) is 7.05 Å². The molecular weight excluding hydrogens is 281 g/mol. The molecule has 2 rings (SSSR count). The Morgan fingerprint density at radius 2 is 1.76 bits per heavy atom. The molecule has 7 heteroatoms. The molecule has 114 valence electrons. The molecule has 0 bridgehead atoms. The fourth-order valence-corrected chi connectivity index (χ4v) is 2.02. The highest BCUT2D eigenvalue weighted by atomic mass is 19.4. The number of rotatable bonds is 3. The Kier molecular flexibility index (Phi) is 3.85. The van der Waals surface area contributed by atoms with Gasteiger partial charge in [0, 0.05) is 12.7 Å². The predicted molar refractivity (Wildman–Crippen MR) is 76.4 cm³/mol. The van der Waals surface area contributed by atoms with Gasteiger partial charge in [-0.2, -0.15) is 18.3 Å². The van der Waals surface area contributed by atoms with Gasteiger partial charge in [-0.1, -0.05) is 13.8 Å². The maximum absolute atomic E-state index is 12.5. The molecule has 0 saturated carbocycles. The molecule has 0 amide bonds. The topological polar surface area (TPSA) is 55.9 Å². The molecule has 0 radical (unpaired) electrons. The van der Waals surface area contributed by atoms with Crippen molar-refractivity contribution < 1.29 is 13.2 Å². The van der Waals surface area contributed by atoms with Crippen LogP contribution in [0.15, 0.2) is 24.3 Å². The summed E-state index contributed by atoms with van der Waals surface area (Å²) in [5.41, 5.74) is 7.12. The van der Waals surface area contributed by atoms with E-state index in [4.69, 9.17) is 5.73 Å². The van der Waals surface area contributed by atoms with Crippen LogP contribution in [0.2, 0.25) is 0 Å². The zero-order chi connectivity index (χ0) is 15.8. The van der Waals surface area contributed by atoms with Gasteiger partial charge in [0.05, 0.1) is 16.9 Å². The van der Waals surface area contributed by atoms with Crippen molar-refractivity contribution >= 4 is 17.2 Å². The Hall–Kier alpha value is -2.18. The van der Waals surface area contributed by atoms with E-state index >= 15 is 0 Å². The van der Waals surface area contributed by atoms with Gasteiger partial charge in [-0.3, -0.25) is 4.68 Å². The highest BCUT2D eigenvalue weighted by molar-refractivity contribution is 5.71. The van der Waals surface area contributed by atoms with Crippen molar-refractivity contribution in [1.29, 1.82) is 0 Å². The quantitative estimate of drug-likeness (QED) is 0.904. The van der Waals surface area contributed by atoms with Crippen LogP contribution in [0, 0.1) is 0 Å². The number of alkyl halides is 3. The van der Waals surface area contributed by atoms with Gasteiger partial charge in [-0.15, -0.1) is 0 Å². The fourth-order valence-electron chi connectivity index (χ4n) is 2.02. The molecule has 0 unspecified atom stereocenters. The van der Waals surface area contributed by atoms with Crippen LogP contribution in [0.3, 0.4) is 0 Å². The van der Waals surface area contributed by atoms with E-state index in [1.807, 2.05) is 13.8 Å². The Morgan fingerprint density at radius 1 is 1.19 bits per heavy atom. The van der Waals surface area contributed by atoms with Crippen molar-refractivity contribution in [3.05, 3.63) is 35.5 Å². The molecule has 3 N–H and O–H groups in total. The second-order valence-electron chi connectivity index (χ2n) is 5.13. The standard InChI is InChI=1S/C14H17F3N4/c1-8(2)12-11(18)13(21(3)20-12)19-10-6-4-9(5-7-10)14(15,16)17/h4-8,19H,18H2,1-3H3. The third-order valence-corrected chi connectivity index (χ3v) is 3.13. The van der Waals surface area contributed by atoms with Crippen LogP contribution < -0.4 is 11.1 Å². The number of nitrogens with two attached hydrogens (primary N) is 1. The van der Waals surface area contributed by atoms with Crippen molar-refractivity contribution in [2.45, 2.75) is 25.9 Å². The van der Waals surface area contributed by atoms with Crippen LogP contribution in [0.1, 0.15) is 31.0 Å². The third kappa shape index (κ3) is 3.12. The van der Waals surface area contributed by atoms with E-state index < -0.39 is 11.7 Å². The Labute approximate surface area is 120 Å². The van der Waals surface area contributed by atoms with E-state index in [1.54, 1.807) is 11.7 Å². The molecule has 4 nitrogen and oxygen atoms in total. The van der Waals surface area contributed by atoms with Crippen LogP contribution in [-0.2, 0) is 13.2 Å². The van der Waals surface area contributed by atoms with E-state index in [9.17, 15) is 13.2 Å². The summed E-state index contributed by atoms with van der Waals surface area (Å²) in [6.07, 6.45) is -4.34. The van der Waals surface area contributed by atoms with Crippen molar-refractivity contribution in [2.75, 3.05) is 11.1 Å². The number of benzene rings is 1. The van der Waals surface area contributed by atoms with Gasteiger partial charge < -0.3 is 11.1 Å². The minimum absolute atomic E-state index is 0.166. The zero-order valence-corrected chi connectivity index (χ0v) is 12.0. The highest BCUT2D eigenvalue weighted by Gasteiger charge is 2.30. The number of nitrogens with zero attached hydrogens (tertiary/aromatic N) is 2. The summed E-state index contributed by atoms with van der Waals surface area (Å²) in [5, 5.41) is 7.31. The summed E-state index contributed by atoms with van der Waals surface area (Å²) < 4.78 is 39.1. The molecule has 1 aromatic carbocycles. The molecule has 2 aromatic rings. The normalized spacial score (nSPS) is 12.0. The van der Waals surface area contributed by atoms with E-state index in [1.165, 1.54) is 12.1 Å². The minimum Gasteiger partial charge on any atom is -0.394 e. The number of hydrogen-bond acceptors (Lipinski definition) is 3. The Morgan fingerprint density at radius 3 is 2.19 bits per heavy atom. The molecule has 0 atom stereocenters. The average Bonchev–Trinajstić information content (AvgIpc) is 2.66. The van der Waals surface area contributed by atoms with E-state index in [0.717, 1.165) is 17.8 Å². The average molecular weight is 298 g/mol. The first-order valence-corrected chi connectivity index (χ1v) is 6.46. The maximum Gasteiger partial charge on any atom is 0.416 e. The molecule has 21 heavy (non-hydrogen) atoms. The van der Waals surface area contributed by atoms with Crippen molar-refractivity contribution in [3.63, 3.8) is 0 Å². The predicted octanol–water partition coefficient (Wildman–Crippen LogP) is 3.89. The number of nitrogens with one attached hydrogen (secondary N) is 1. The molecule has 1 aromatic heterocycles. The lowest BCUT2D eigenvalue weighted by Crippen LogP contribution is -2.05. The Balaban J connectivity index is 2.27. The molecule has 1 heterocycles. The highest BCUT2D eigenvalue weighted by Crippen LogP contribution is 2.32. The summed E-state index contributed by atoms with van der Waals surface area (Å²) in [7, 11) is 1.73. The Bertz CT molecular complexity index is 627. The number of anilines is 3. The van der Waals surface area contributed by atoms with Crippen LogP contribution in [-0.4, -0.2) is 9.78 Å². The number of aromatic nitrogens is 2. The first-order valence-electron chi connectivity index (χ1n) is 6.46. The molecule has 0 aliphatic carbocycles. The van der Waals surface area contributed by atoms with Crippen molar-refractivity contribution in [1.82, 2.24) is 9.78 Å². The molecule has 0 aliphatic rings. The number of aryl methyl sites for hydroxylation is 1. The van der Waals surface area contributed by atoms with Gasteiger partial charge >= 0.3 is 6.18 Å². The maximum atomic E-state index is 12.5. The number of halogens is 3. The van der Waals surface area contributed by atoms with Gasteiger partial charge in [-0.05, 0) is 30.2 Å². The lowest BCUT2D eigenvalue weighted by molar-refractivity contribution is -0.137. The van der Waals surface area contributed by atoms with Crippen LogP contribution in [0.25, 0.3) is 0 Å². The monoisotopic (exact) mass is 298 g/mol.